The van der Waals surface area contributed by atoms with Crippen LogP contribution in [0.3, 0.4) is 0 Å². The molecule has 0 aliphatic carbocycles. The highest BCUT2D eigenvalue weighted by Crippen LogP contribution is 2.16. The van der Waals surface area contributed by atoms with Gasteiger partial charge in [-0.05, 0) is 31.4 Å². The summed E-state index contributed by atoms with van der Waals surface area (Å²) in [5.41, 5.74) is 0.698. The second kappa shape index (κ2) is 7.42. The number of likely N-dealkylation sites (N-methyl/N-ethyl adjacent to an activating group) is 1. The first kappa shape index (κ1) is 16.4. The van der Waals surface area contributed by atoms with Gasteiger partial charge < -0.3 is 14.3 Å². The van der Waals surface area contributed by atoms with Crippen LogP contribution < -0.4 is 4.90 Å². The van der Waals surface area contributed by atoms with E-state index in [1.54, 1.807) is 19.2 Å². The normalized spacial score (nSPS) is 14.7. The van der Waals surface area contributed by atoms with Crippen molar-refractivity contribution in [2.24, 2.45) is 0 Å². The monoisotopic (exact) mass is 329 g/mol. The van der Waals surface area contributed by atoms with Crippen LogP contribution in [0.15, 0.2) is 22.9 Å². The van der Waals surface area contributed by atoms with Gasteiger partial charge in [-0.1, -0.05) is 5.16 Å². The van der Waals surface area contributed by atoms with Crippen LogP contribution in [0.1, 0.15) is 41.3 Å². The molecular formula is C17H23N5O2. The number of carbonyl (C=O) groups excluding carboxylic acids is 1. The Balaban J connectivity index is 1.64. The van der Waals surface area contributed by atoms with E-state index in [4.69, 9.17) is 4.52 Å². The fraction of sp³-hybridized carbons (Fsp3) is 0.529. The summed E-state index contributed by atoms with van der Waals surface area (Å²) in [5, 5.41) is 3.89. The number of rotatable bonds is 5. The van der Waals surface area contributed by atoms with Gasteiger partial charge in [0, 0.05) is 51.8 Å². The Morgan fingerprint density at radius 2 is 2.12 bits per heavy atom. The Hall–Kier alpha value is -2.44. The number of hydrogen-bond donors (Lipinski definition) is 0. The van der Waals surface area contributed by atoms with Gasteiger partial charge in [-0.25, -0.2) is 4.98 Å². The number of piperidine rings is 1. The van der Waals surface area contributed by atoms with Gasteiger partial charge in [0.15, 0.2) is 5.82 Å². The van der Waals surface area contributed by atoms with Crippen molar-refractivity contribution in [1.82, 2.24) is 20.0 Å². The molecule has 1 amide bonds. The third-order valence-electron chi connectivity index (χ3n) is 4.27. The first-order chi connectivity index (χ1) is 11.6. The molecule has 0 N–H and O–H groups in total. The quantitative estimate of drug-likeness (QED) is 0.836. The van der Waals surface area contributed by atoms with E-state index in [9.17, 15) is 4.79 Å². The van der Waals surface area contributed by atoms with Crippen molar-refractivity contribution >= 4 is 11.7 Å². The van der Waals surface area contributed by atoms with Gasteiger partial charge in [0.2, 0.25) is 5.89 Å². The van der Waals surface area contributed by atoms with Crippen molar-refractivity contribution in [3.05, 3.63) is 35.6 Å². The molecular weight excluding hydrogens is 306 g/mol. The first-order valence-corrected chi connectivity index (χ1v) is 8.39. The van der Waals surface area contributed by atoms with E-state index >= 15 is 0 Å². The van der Waals surface area contributed by atoms with Gasteiger partial charge in [0.05, 0.1) is 0 Å². The first-order valence-electron chi connectivity index (χ1n) is 8.39. The number of aromatic nitrogens is 3. The fourth-order valence-electron chi connectivity index (χ4n) is 2.86. The molecule has 0 atom stereocenters. The van der Waals surface area contributed by atoms with E-state index in [1.165, 1.54) is 6.42 Å². The van der Waals surface area contributed by atoms with Crippen molar-refractivity contribution in [2.75, 3.05) is 31.6 Å². The molecule has 2 aromatic heterocycles. The lowest BCUT2D eigenvalue weighted by Crippen LogP contribution is -2.35. The summed E-state index contributed by atoms with van der Waals surface area (Å²) in [6, 6.07) is 3.65. The van der Waals surface area contributed by atoms with Crippen molar-refractivity contribution in [3.63, 3.8) is 0 Å². The van der Waals surface area contributed by atoms with Gasteiger partial charge in [-0.2, -0.15) is 4.98 Å². The molecule has 0 spiro atoms. The molecule has 1 aliphatic heterocycles. The molecule has 24 heavy (non-hydrogen) atoms. The molecule has 128 valence electrons. The number of pyridine rings is 1. The number of anilines is 1. The summed E-state index contributed by atoms with van der Waals surface area (Å²) < 4.78 is 4.97. The number of aryl methyl sites for hydroxylation is 1. The largest absolute Gasteiger partial charge is 0.359 e. The molecule has 1 saturated heterocycles. The molecule has 3 heterocycles. The second-order valence-corrected chi connectivity index (χ2v) is 6.16. The van der Waals surface area contributed by atoms with E-state index in [-0.39, 0.29) is 5.91 Å². The van der Waals surface area contributed by atoms with Crippen LogP contribution in [-0.4, -0.2) is 52.6 Å². The lowest BCUT2D eigenvalue weighted by atomic mass is 10.1. The van der Waals surface area contributed by atoms with E-state index in [2.05, 4.69) is 15.1 Å². The number of hydrogen-bond acceptors (Lipinski definition) is 6. The molecule has 1 aliphatic rings. The molecule has 2 aromatic rings. The van der Waals surface area contributed by atoms with Gasteiger partial charge >= 0.3 is 0 Å². The van der Waals surface area contributed by atoms with E-state index < -0.39 is 0 Å². The molecule has 0 saturated carbocycles. The SMILES string of the molecule is Cc1nc(CCN(C)c2cc(C(=O)N3CCCCC3)ccn2)no1. The average Bonchev–Trinajstić information content (AvgIpc) is 3.05. The van der Waals surface area contributed by atoms with Gasteiger partial charge in [-0.15, -0.1) is 0 Å². The maximum atomic E-state index is 12.6. The minimum atomic E-state index is 0.0977. The van der Waals surface area contributed by atoms with Crippen molar-refractivity contribution in [1.29, 1.82) is 0 Å². The highest BCUT2D eigenvalue weighted by molar-refractivity contribution is 5.94. The van der Waals surface area contributed by atoms with Gasteiger partial charge in [-0.3, -0.25) is 4.79 Å². The molecule has 7 nitrogen and oxygen atoms in total. The number of carbonyl (C=O) groups is 1. The van der Waals surface area contributed by atoms with Crippen molar-refractivity contribution in [3.8, 4) is 0 Å². The van der Waals surface area contributed by atoms with Crippen LogP contribution in [0, 0.1) is 6.92 Å². The Morgan fingerprint density at radius 1 is 1.33 bits per heavy atom. The molecule has 1 fully saturated rings. The van der Waals surface area contributed by atoms with E-state index in [0.717, 1.165) is 31.7 Å². The Kier molecular flexibility index (Phi) is 5.08. The summed E-state index contributed by atoms with van der Waals surface area (Å²) in [7, 11) is 1.95. The predicted octanol–water partition coefficient (Wildman–Crippen LogP) is 2.08. The number of amides is 1. The van der Waals surface area contributed by atoms with E-state index in [1.807, 2.05) is 22.9 Å². The van der Waals surface area contributed by atoms with Crippen LogP contribution >= 0.6 is 0 Å². The molecule has 3 rings (SSSR count). The lowest BCUT2D eigenvalue weighted by molar-refractivity contribution is 0.0724. The highest BCUT2D eigenvalue weighted by atomic mass is 16.5. The zero-order valence-electron chi connectivity index (χ0n) is 14.2. The van der Waals surface area contributed by atoms with Crippen LogP contribution in [0.25, 0.3) is 0 Å². The molecule has 0 radical (unpaired) electrons. The Morgan fingerprint density at radius 3 is 2.83 bits per heavy atom. The Bertz CT molecular complexity index is 694. The van der Waals surface area contributed by atoms with Crippen LogP contribution in [0.5, 0.6) is 0 Å². The van der Waals surface area contributed by atoms with Crippen molar-refractivity contribution in [2.45, 2.75) is 32.6 Å². The summed E-state index contributed by atoms with van der Waals surface area (Å²) in [6.07, 6.45) is 5.76. The molecule has 0 bridgehead atoms. The zero-order chi connectivity index (χ0) is 16.9. The summed E-state index contributed by atoms with van der Waals surface area (Å²) in [5.74, 6) is 2.12. The third kappa shape index (κ3) is 3.90. The van der Waals surface area contributed by atoms with Crippen molar-refractivity contribution < 1.29 is 9.32 Å². The van der Waals surface area contributed by atoms with Crippen LogP contribution in [0.2, 0.25) is 0 Å². The Labute approximate surface area is 141 Å². The molecule has 7 heteroatoms. The summed E-state index contributed by atoms with van der Waals surface area (Å²) in [4.78, 5) is 25.1. The predicted molar refractivity (Wildman–Crippen MR) is 90.0 cm³/mol. The fourth-order valence-corrected chi connectivity index (χ4v) is 2.86. The summed E-state index contributed by atoms with van der Waals surface area (Å²) >= 11 is 0. The maximum absolute atomic E-state index is 12.6. The number of likely N-dealkylation sites (tertiary alicyclic amines) is 1. The third-order valence-corrected chi connectivity index (χ3v) is 4.27. The van der Waals surface area contributed by atoms with Crippen LogP contribution in [0.4, 0.5) is 5.82 Å². The standard InChI is InChI=1S/C17H23N5O2/c1-13-19-15(20-24-13)7-11-21(2)16-12-14(6-8-18-16)17(23)22-9-4-3-5-10-22/h6,8,12H,3-5,7,9-11H2,1-2H3. The lowest BCUT2D eigenvalue weighted by Gasteiger charge is -2.27. The number of nitrogens with zero attached hydrogens (tertiary/aromatic N) is 5. The van der Waals surface area contributed by atoms with Gasteiger partial charge in [0.1, 0.15) is 5.82 Å². The molecule has 0 unspecified atom stereocenters. The topological polar surface area (TPSA) is 75.4 Å². The smallest absolute Gasteiger partial charge is 0.254 e. The summed E-state index contributed by atoms with van der Waals surface area (Å²) in [6.45, 7) is 4.18. The molecule has 0 aromatic carbocycles. The minimum absolute atomic E-state index is 0.0977. The average molecular weight is 329 g/mol. The maximum Gasteiger partial charge on any atom is 0.254 e. The minimum Gasteiger partial charge on any atom is -0.359 e. The van der Waals surface area contributed by atoms with E-state index in [0.29, 0.717) is 30.2 Å². The highest BCUT2D eigenvalue weighted by Gasteiger charge is 2.19. The van der Waals surface area contributed by atoms with Crippen LogP contribution in [-0.2, 0) is 6.42 Å². The van der Waals surface area contributed by atoms with Gasteiger partial charge in [0.25, 0.3) is 5.91 Å². The zero-order valence-corrected chi connectivity index (χ0v) is 14.2. The second-order valence-electron chi connectivity index (χ2n) is 6.16.